The largest absolute Gasteiger partial charge is 0.496 e. The fraction of sp³-hybridized carbons (Fsp3) is 0.100. The van der Waals surface area contributed by atoms with Gasteiger partial charge in [0.05, 0.1) is 12.7 Å². The van der Waals surface area contributed by atoms with Gasteiger partial charge in [-0.25, -0.2) is 0 Å². The van der Waals surface area contributed by atoms with Gasteiger partial charge in [0.1, 0.15) is 5.75 Å². The third kappa shape index (κ3) is 3.00. The molecule has 1 nitrogen and oxygen atoms in total. The minimum Gasteiger partial charge on any atom is -0.496 e. The third-order valence-corrected chi connectivity index (χ3v) is 3.82. The number of alkyl halides is 3. The summed E-state index contributed by atoms with van der Waals surface area (Å²) in [4.78, 5) is 0. The SMILES string of the molecule is COc1ccc(C(F)(F)F)c(-c2ccccc2)c1-c1ccccc1. The van der Waals surface area contributed by atoms with Crippen LogP contribution in [0.15, 0.2) is 72.8 Å². The summed E-state index contributed by atoms with van der Waals surface area (Å²) in [6, 6.07) is 20.0. The third-order valence-electron chi connectivity index (χ3n) is 3.82. The molecule has 0 aromatic heterocycles. The van der Waals surface area contributed by atoms with Crippen LogP contribution in [0.2, 0.25) is 0 Å². The van der Waals surface area contributed by atoms with Crippen molar-refractivity contribution in [2.24, 2.45) is 0 Å². The lowest BCUT2D eigenvalue weighted by Crippen LogP contribution is -2.09. The monoisotopic (exact) mass is 328 g/mol. The first kappa shape index (κ1) is 16.1. The highest BCUT2D eigenvalue weighted by Crippen LogP contribution is 2.46. The van der Waals surface area contributed by atoms with Gasteiger partial charge in [0, 0.05) is 11.1 Å². The molecule has 0 heterocycles. The van der Waals surface area contributed by atoms with Gasteiger partial charge < -0.3 is 4.74 Å². The first-order valence-corrected chi connectivity index (χ1v) is 7.41. The Kier molecular flexibility index (Phi) is 4.30. The molecule has 0 aliphatic heterocycles. The van der Waals surface area contributed by atoms with Crippen LogP contribution in [0.5, 0.6) is 5.75 Å². The van der Waals surface area contributed by atoms with E-state index in [1.807, 2.05) is 6.07 Å². The van der Waals surface area contributed by atoms with Crippen LogP contribution in [-0.4, -0.2) is 7.11 Å². The molecular formula is C20H15F3O. The Balaban J connectivity index is 2.41. The van der Waals surface area contributed by atoms with E-state index in [4.69, 9.17) is 4.74 Å². The van der Waals surface area contributed by atoms with Crippen LogP contribution in [0.4, 0.5) is 13.2 Å². The van der Waals surface area contributed by atoms with Gasteiger partial charge in [-0.1, -0.05) is 60.7 Å². The number of rotatable bonds is 3. The maximum atomic E-state index is 13.6. The zero-order valence-corrected chi connectivity index (χ0v) is 13.0. The quantitative estimate of drug-likeness (QED) is 0.569. The number of hydrogen-bond acceptors (Lipinski definition) is 1. The predicted octanol–water partition coefficient (Wildman–Crippen LogP) is 6.05. The van der Waals surface area contributed by atoms with E-state index in [1.165, 1.54) is 13.2 Å². The van der Waals surface area contributed by atoms with Crippen molar-refractivity contribution in [3.8, 4) is 28.0 Å². The molecule has 0 aliphatic rings. The van der Waals surface area contributed by atoms with Gasteiger partial charge in [0.2, 0.25) is 0 Å². The summed E-state index contributed by atoms with van der Waals surface area (Å²) in [5, 5.41) is 0. The molecule has 0 bridgehead atoms. The molecule has 24 heavy (non-hydrogen) atoms. The topological polar surface area (TPSA) is 9.23 Å². The second-order valence-corrected chi connectivity index (χ2v) is 5.30. The Morgan fingerprint density at radius 2 is 1.17 bits per heavy atom. The molecule has 0 fully saturated rings. The average molecular weight is 328 g/mol. The van der Waals surface area contributed by atoms with Crippen LogP contribution in [0.1, 0.15) is 5.56 Å². The number of benzene rings is 3. The van der Waals surface area contributed by atoms with Crippen molar-refractivity contribution in [2.45, 2.75) is 6.18 Å². The number of ether oxygens (including phenoxy) is 1. The van der Waals surface area contributed by atoms with Crippen molar-refractivity contribution in [2.75, 3.05) is 7.11 Å². The minimum absolute atomic E-state index is 0.133. The maximum absolute atomic E-state index is 13.6. The van der Waals surface area contributed by atoms with Crippen molar-refractivity contribution in [3.05, 3.63) is 78.4 Å². The second-order valence-electron chi connectivity index (χ2n) is 5.30. The molecule has 3 aromatic rings. The van der Waals surface area contributed by atoms with Crippen LogP contribution in [0, 0.1) is 0 Å². The van der Waals surface area contributed by atoms with Crippen LogP contribution >= 0.6 is 0 Å². The van der Waals surface area contributed by atoms with Gasteiger partial charge in [-0.05, 0) is 23.3 Å². The number of halogens is 3. The summed E-state index contributed by atoms with van der Waals surface area (Å²) in [6.45, 7) is 0. The van der Waals surface area contributed by atoms with E-state index >= 15 is 0 Å². The summed E-state index contributed by atoms with van der Waals surface area (Å²) < 4.78 is 46.2. The lowest BCUT2D eigenvalue weighted by molar-refractivity contribution is -0.137. The van der Waals surface area contributed by atoms with Gasteiger partial charge in [-0.15, -0.1) is 0 Å². The normalized spacial score (nSPS) is 11.3. The Morgan fingerprint density at radius 3 is 1.62 bits per heavy atom. The standard InChI is InChI=1S/C20H15F3O/c1-24-17-13-12-16(20(21,22)23)18(14-8-4-2-5-9-14)19(17)15-10-6-3-7-11-15/h2-13H,1H3. The van der Waals surface area contributed by atoms with Gasteiger partial charge in [0.15, 0.2) is 0 Å². The van der Waals surface area contributed by atoms with Gasteiger partial charge in [-0.3, -0.25) is 0 Å². The maximum Gasteiger partial charge on any atom is 0.417 e. The molecule has 0 unspecified atom stereocenters. The molecule has 0 N–H and O–H groups in total. The van der Waals surface area contributed by atoms with Crippen LogP contribution in [0.3, 0.4) is 0 Å². The van der Waals surface area contributed by atoms with Crippen LogP contribution in [0.25, 0.3) is 22.3 Å². The number of hydrogen-bond donors (Lipinski definition) is 0. The van der Waals surface area contributed by atoms with Crippen molar-refractivity contribution >= 4 is 0 Å². The van der Waals surface area contributed by atoms with Crippen LogP contribution in [-0.2, 0) is 6.18 Å². The van der Waals surface area contributed by atoms with E-state index in [1.54, 1.807) is 54.6 Å². The van der Waals surface area contributed by atoms with Gasteiger partial charge in [0.25, 0.3) is 0 Å². The van der Waals surface area contributed by atoms with E-state index in [0.717, 1.165) is 6.07 Å². The Labute approximate surface area is 138 Å². The first-order chi connectivity index (χ1) is 11.5. The fourth-order valence-electron chi connectivity index (χ4n) is 2.79. The Bertz CT molecular complexity index is 825. The first-order valence-electron chi connectivity index (χ1n) is 7.41. The smallest absolute Gasteiger partial charge is 0.417 e. The molecule has 122 valence electrons. The van der Waals surface area contributed by atoms with E-state index in [9.17, 15) is 13.2 Å². The molecule has 0 spiro atoms. The van der Waals surface area contributed by atoms with Gasteiger partial charge in [-0.2, -0.15) is 13.2 Å². The molecule has 0 saturated carbocycles. The predicted molar refractivity (Wildman–Crippen MR) is 88.9 cm³/mol. The van der Waals surface area contributed by atoms with E-state index in [2.05, 4.69) is 0 Å². The summed E-state index contributed by atoms with van der Waals surface area (Å²) in [5.74, 6) is 0.410. The molecule has 4 heteroatoms. The molecule has 0 saturated heterocycles. The molecule has 3 aromatic carbocycles. The molecule has 0 atom stereocenters. The van der Waals surface area contributed by atoms with Crippen molar-refractivity contribution in [3.63, 3.8) is 0 Å². The summed E-state index contributed by atoms with van der Waals surface area (Å²) in [5.41, 5.74) is 1.09. The second kappa shape index (κ2) is 6.40. The van der Waals surface area contributed by atoms with Crippen molar-refractivity contribution < 1.29 is 17.9 Å². The zero-order chi connectivity index (χ0) is 17.2. The Morgan fingerprint density at radius 1 is 0.667 bits per heavy atom. The van der Waals surface area contributed by atoms with E-state index in [-0.39, 0.29) is 5.56 Å². The lowest BCUT2D eigenvalue weighted by atomic mass is 9.89. The highest BCUT2D eigenvalue weighted by molar-refractivity contribution is 5.90. The fourth-order valence-corrected chi connectivity index (χ4v) is 2.79. The molecule has 0 radical (unpaired) electrons. The molecule has 0 aliphatic carbocycles. The zero-order valence-electron chi connectivity index (χ0n) is 13.0. The summed E-state index contributed by atoms with van der Waals surface area (Å²) >= 11 is 0. The van der Waals surface area contributed by atoms with Gasteiger partial charge >= 0.3 is 6.18 Å². The summed E-state index contributed by atoms with van der Waals surface area (Å²) in [6.07, 6.45) is -4.46. The number of methoxy groups -OCH3 is 1. The highest BCUT2D eigenvalue weighted by Gasteiger charge is 2.35. The average Bonchev–Trinajstić information content (AvgIpc) is 2.61. The minimum atomic E-state index is -4.46. The lowest BCUT2D eigenvalue weighted by Gasteiger charge is -2.20. The van der Waals surface area contributed by atoms with E-state index < -0.39 is 11.7 Å². The van der Waals surface area contributed by atoms with Crippen LogP contribution < -0.4 is 4.74 Å². The Hall–Kier alpha value is -2.75. The molecule has 3 rings (SSSR count). The van der Waals surface area contributed by atoms with E-state index in [0.29, 0.717) is 22.4 Å². The molecule has 0 amide bonds. The van der Waals surface area contributed by atoms with Crippen molar-refractivity contribution in [1.29, 1.82) is 0 Å². The highest BCUT2D eigenvalue weighted by atomic mass is 19.4. The molecular weight excluding hydrogens is 313 g/mol. The van der Waals surface area contributed by atoms with Crippen molar-refractivity contribution in [1.82, 2.24) is 0 Å². The summed E-state index contributed by atoms with van der Waals surface area (Å²) in [7, 11) is 1.46.